The van der Waals surface area contributed by atoms with Crippen molar-refractivity contribution in [2.75, 3.05) is 0 Å². The number of hydrogen-bond acceptors (Lipinski definition) is 2. The van der Waals surface area contributed by atoms with Crippen molar-refractivity contribution in [2.24, 2.45) is 0 Å². The predicted molar refractivity (Wildman–Crippen MR) is 60.7 cm³/mol. The van der Waals surface area contributed by atoms with Gasteiger partial charge in [0.15, 0.2) is 0 Å². The third-order valence-corrected chi connectivity index (χ3v) is 2.70. The molecule has 0 bridgehead atoms. The van der Waals surface area contributed by atoms with Crippen LogP contribution in [-0.2, 0) is 6.18 Å². The molecule has 0 fully saturated rings. The molecule has 0 aliphatic carbocycles. The Kier molecular flexibility index (Phi) is 4.24. The monoisotopic (exact) mass is 290 g/mol. The molecule has 92 valence electrons. The number of nitriles is 2. The molecule has 7 heteroatoms. The molecule has 0 amide bonds. The molecule has 2 nitrogen and oxygen atoms in total. The lowest BCUT2D eigenvalue weighted by Gasteiger charge is -2.11. The van der Waals surface area contributed by atoms with E-state index in [1.165, 1.54) is 12.1 Å². The number of alkyl halides is 3. The molecule has 0 radical (unpaired) electrons. The highest BCUT2D eigenvalue weighted by molar-refractivity contribution is 6.37. The number of benzene rings is 1. The van der Waals surface area contributed by atoms with Crippen LogP contribution in [0.2, 0.25) is 10.0 Å². The summed E-state index contributed by atoms with van der Waals surface area (Å²) in [6.45, 7) is 0. The van der Waals surface area contributed by atoms with Crippen LogP contribution in [-0.4, -0.2) is 0 Å². The normalized spacial score (nSPS) is 10.4. The van der Waals surface area contributed by atoms with Crippen LogP contribution in [0, 0.1) is 22.7 Å². The molecule has 0 N–H and O–H groups in total. The van der Waals surface area contributed by atoms with Crippen molar-refractivity contribution < 1.29 is 13.2 Å². The number of hydrogen-bond donors (Lipinski definition) is 0. The van der Waals surface area contributed by atoms with Crippen LogP contribution in [0.4, 0.5) is 13.2 Å². The van der Waals surface area contributed by atoms with E-state index in [1.54, 1.807) is 0 Å². The molecule has 0 aliphatic heterocycles. The van der Waals surface area contributed by atoms with E-state index in [1.807, 2.05) is 0 Å². The lowest BCUT2D eigenvalue weighted by molar-refractivity contribution is -0.137. The Morgan fingerprint density at radius 1 is 1.17 bits per heavy atom. The Hall–Kier alpha value is -1.69. The topological polar surface area (TPSA) is 47.6 Å². The Morgan fingerprint density at radius 2 is 1.72 bits per heavy atom. The Bertz CT molecular complexity index is 576. The third kappa shape index (κ3) is 2.95. The van der Waals surface area contributed by atoms with Crippen LogP contribution in [0.3, 0.4) is 0 Å². The SMILES string of the molecule is N#CC(C#N)=Cc1c(Cl)ccc(C(F)(F)F)c1Cl. The Balaban J connectivity index is 3.53. The lowest BCUT2D eigenvalue weighted by atomic mass is 10.1. The fourth-order valence-electron chi connectivity index (χ4n) is 1.15. The average Bonchev–Trinajstić information content (AvgIpc) is 2.27. The van der Waals surface area contributed by atoms with E-state index >= 15 is 0 Å². The molecule has 1 rings (SSSR count). The van der Waals surface area contributed by atoms with E-state index in [9.17, 15) is 13.2 Å². The van der Waals surface area contributed by atoms with Gasteiger partial charge in [-0.05, 0) is 18.2 Å². The summed E-state index contributed by atoms with van der Waals surface area (Å²) in [5.74, 6) is 0. The van der Waals surface area contributed by atoms with E-state index < -0.39 is 22.3 Å². The number of halogens is 5. The van der Waals surface area contributed by atoms with Gasteiger partial charge in [-0.25, -0.2) is 0 Å². The quantitative estimate of drug-likeness (QED) is 0.718. The lowest BCUT2D eigenvalue weighted by Crippen LogP contribution is -2.06. The number of rotatable bonds is 1. The summed E-state index contributed by atoms with van der Waals surface area (Å²) in [5, 5.41) is 16.4. The first-order valence-corrected chi connectivity index (χ1v) is 5.14. The summed E-state index contributed by atoms with van der Waals surface area (Å²) >= 11 is 11.3. The van der Waals surface area contributed by atoms with E-state index in [0.717, 1.165) is 18.2 Å². The van der Waals surface area contributed by atoms with Gasteiger partial charge in [0, 0.05) is 10.6 Å². The molecule has 0 saturated heterocycles. The molecular formula is C11H3Cl2F3N2. The number of allylic oxidation sites excluding steroid dienone is 1. The van der Waals surface area contributed by atoms with Crippen LogP contribution in [0.1, 0.15) is 11.1 Å². The maximum absolute atomic E-state index is 12.6. The first-order chi connectivity index (χ1) is 8.31. The maximum atomic E-state index is 12.6. The highest BCUT2D eigenvalue weighted by Gasteiger charge is 2.34. The Morgan fingerprint density at radius 3 is 2.17 bits per heavy atom. The molecule has 0 spiro atoms. The molecule has 0 aromatic heterocycles. The first-order valence-electron chi connectivity index (χ1n) is 4.38. The summed E-state index contributed by atoms with van der Waals surface area (Å²) in [4.78, 5) is 0. The van der Waals surface area contributed by atoms with Crippen molar-refractivity contribution in [3.05, 3.63) is 38.9 Å². The third-order valence-electron chi connectivity index (χ3n) is 1.96. The fourth-order valence-corrected chi connectivity index (χ4v) is 1.74. The molecule has 0 heterocycles. The minimum atomic E-state index is -4.64. The standard InChI is InChI=1S/C11H3Cl2F3N2/c12-9-2-1-8(11(14,15)16)10(13)7(9)3-6(4-17)5-18/h1-3H. The predicted octanol–water partition coefficient (Wildman–Crippen LogP) is 4.44. The van der Waals surface area contributed by atoms with E-state index in [-0.39, 0.29) is 10.6 Å². The molecule has 0 saturated carbocycles. The molecule has 1 aromatic rings. The largest absolute Gasteiger partial charge is 0.417 e. The summed E-state index contributed by atoms with van der Waals surface area (Å²) in [6, 6.07) is 4.77. The van der Waals surface area contributed by atoms with Crippen molar-refractivity contribution in [3.63, 3.8) is 0 Å². The van der Waals surface area contributed by atoms with Gasteiger partial charge in [-0.3, -0.25) is 0 Å². The van der Waals surface area contributed by atoms with Crippen molar-refractivity contribution in [3.8, 4) is 12.1 Å². The first kappa shape index (κ1) is 14.4. The van der Waals surface area contributed by atoms with Gasteiger partial charge in [0.2, 0.25) is 0 Å². The highest BCUT2D eigenvalue weighted by atomic mass is 35.5. The minimum absolute atomic E-state index is 0.0731. The van der Waals surface area contributed by atoms with Crippen LogP contribution < -0.4 is 0 Å². The van der Waals surface area contributed by atoms with Crippen molar-refractivity contribution >= 4 is 29.3 Å². The van der Waals surface area contributed by atoms with E-state index in [4.69, 9.17) is 33.7 Å². The second-order valence-corrected chi connectivity index (χ2v) is 3.89. The second-order valence-electron chi connectivity index (χ2n) is 3.10. The smallest absolute Gasteiger partial charge is 0.192 e. The van der Waals surface area contributed by atoms with Gasteiger partial charge in [0.05, 0.1) is 10.6 Å². The van der Waals surface area contributed by atoms with Gasteiger partial charge in [0.1, 0.15) is 17.7 Å². The highest BCUT2D eigenvalue weighted by Crippen LogP contribution is 2.39. The van der Waals surface area contributed by atoms with Gasteiger partial charge in [-0.15, -0.1) is 0 Å². The van der Waals surface area contributed by atoms with Crippen LogP contribution in [0.5, 0.6) is 0 Å². The molecule has 18 heavy (non-hydrogen) atoms. The molecular weight excluding hydrogens is 288 g/mol. The number of nitrogens with zero attached hydrogens (tertiary/aromatic N) is 2. The Labute approximate surface area is 110 Å². The molecule has 0 aliphatic rings. The summed E-state index contributed by atoms with van der Waals surface area (Å²) in [6.07, 6.45) is -3.72. The van der Waals surface area contributed by atoms with Gasteiger partial charge in [0.25, 0.3) is 0 Å². The van der Waals surface area contributed by atoms with Crippen molar-refractivity contribution in [1.29, 1.82) is 10.5 Å². The molecule has 0 unspecified atom stereocenters. The fraction of sp³-hybridized carbons (Fsp3) is 0.0909. The second kappa shape index (κ2) is 5.30. The average molecular weight is 291 g/mol. The zero-order valence-corrected chi connectivity index (χ0v) is 10.0. The van der Waals surface area contributed by atoms with Gasteiger partial charge in [-0.2, -0.15) is 23.7 Å². The van der Waals surface area contributed by atoms with Crippen LogP contribution in [0.25, 0.3) is 6.08 Å². The summed E-state index contributed by atoms with van der Waals surface area (Å²) in [7, 11) is 0. The van der Waals surface area contributed by atoms with Crippen molar-refractivity contribution in [1.82, 2.24) is 0 Å². The van der Waals surface area contributed by atoms with Crippen LogP contribution >= 0.6 is 23.2 Å². The van der Waals surface area contributed by atoms with E-state index in [0.29, 0.717) is 0 Å². The summed E-state index contributed by atoms with van der Waals surface area (Å²) < 4.78 is 37.8. The molecule has 0 atom stereocenters. The van der Waals surface area contributed by atoms with Crippen LogP contribution in [0.15, 0.2) is 17.7 Å². The van der Waals surface area contributed by atoms with Crippen molar-refractivity contribution in [2.45, 2.75) is 6.18 Å². The van der Waals surface area contributed by atoms with Gasteiger partial charge >= 0.3 is 6.18 Å². The zero-order valence-electron chi connectivity index (χ0n) is 8.52. The zero-order chi connectivity index (χ0) is 13.9. The van der Waals surface area contributed by atoms with Gasteiger partial charge < -0.3 is 0 Å². The molecule has 1 aromatic carbocycles. The van der Waals surface area contributed by atoms with Gasteiger partial charge in [-0.1, -0.05) is 23.2 Å². The minimum Gasteiger partial charge on any atom is -0.192 e. The summed E-state index contributed by atoms with van der Waals surface area (Å²) in [5.41, 5.74) is -1.67. The van der Waals surface area contributed by atoms with E-state index in [2.05, 4.69) is 0 Å². The maximum Gasteiger partial charge on any atom is 0.417 e.